The van der Waals surface area contributed by atoms with E-state index < -0.39 is 0 Å². The van der Waals surface area contributed by atoms with Crippen LogP contribution in [0.3, 0.4) is 0 Å². The molecule has 1 aliphatic rings. The Bertz CT molecular complexity index is 85.3. The molecule has 1 fully saturated rings. The normalized spacial score (nSPS) is 28.5. The van der Waals surface area contributed by atoms with Gasteiger partial charge in [0.2, 0.25) is 0 Å². The first kappa shape index (κ1) is 8.02. The fraction of sp³-hybridized carbons (Fsp3) is 1.00. The van der Waals surface area contributed by atoms with Crippen LogP contribution in [0.15, 0.2) is 0 Å². The molecule has 1 saturated heterocycles. The highest BCUT2D eigenvalue weighted by Crippen LogP contribution is 2.04. The second kappa shape index (κ2) is 3.94. The van der Waals surface area contributed by atoms with E-state index in [1.165, 1.54) is 0 Å². The molecule has 1 heterocycles. The van der Waals surface area contributed by atoms with Gasteiger partial charge in [-0.05, 0) is 18.9 Å². The fourth-order valence-corrected chi connectivity index (χ4v) is 1.16. The summed E-state index contributed by atoms with van der Waals surface area (Å²) in [6, 6.07) is 0.572. The molecule has 1 unspecified atom stereocenters. The highest BCUT2D eigenvalue weighted by molar-refractivity contribution is 4.71. The molecule has 0 aromatic rings. The summed E-state index contributed by atoms with van der Waals surface area (Å²) >= 11 is 0. The first-order valence-corrected chi connectivity index (χ1v) is 4.12. The molecule has 1 atom stereocenters. The summed E-state index contributed by atoms with van der Waals surface area (Å²) in [7, 11) is 0. The molecule has 2 heteroatoms. The maximum Gasteiger partial charge on any atom is 0.0622 e. The molecule has 10 heavy (non-hydrogen) atoms. The van der Waals surface area contributed by atoms with E-state index in [-0.39, 0.29) is 0 Å². The van der Waals surface area contributed by atoms with Gasteiger partial charge < -0.3 is 10.1 Å². The van der Waals surface area contributed by atoms with Crippen molar-refractivity contribution in [3.63, 3.8) is 0 Å². The van der Waals surface area contributed by atoms with Gasteiger partial charge in [-0.15, -0.1) is 0 Å². The Kier molecular flexibility index (Phi) is 3.16. The smallest absolute Gasteiger partial charge is 0.0622 e. The average molecular weight is 143 g/mol. The van der Waals surface area contributed by atoms with Crippen molar-refractivity contribution in [1.29, 1.82) is 0 Å². The maximum absolute atomic E-state index is 5.41. The molecule has 0 radical (unpaired) electrons. The molecule has 0 spiro atoms. The number of ether oxygens (including phenoxy) is 1. The van der Waals surface area contributed by atoms with Gasteiger partial charge in [0.1, 0.15) is 0 Å². The number of nitrogens with one attached hydrogen (secondary N) is 1. The number of hydrogen-bond donors (Lipinski definition) is 1. The Morgan fingerprint density at radius 1 is 1.50 bits per heavy atom. The molecule has 60 valence electrons. The first-order valence-electron chi connectivity index (χ1n) is 4.12. The lowest BCUT2D eigenvalue weighted by Gasteiger charge is -2.18. The summed E-state index contributed by atoms with van der Waals surface area (Å²) in [5.74, 6) is 0.693. The molecule has 0 aromatic heterocycles. The third-order valence-corrected chi connectivity index (χ3v) is 1.97. The zero-order valence-electron chi connectivity index (χ0n) is 6.89. The summed E-state index contributed by atoms with van der Waals surface area (Å²) in [4.78, 5) is 0. The van der Waals surface area contributed by atoms with Crippen LogP contribution in [-0.4, -0.2) is 25.8 Å². The van der Waals surface area contributed by atoms with Crippen LogP contribution in [0.5, 0.6) is 0 Å². The lowest BCUT2D eigenvalue weighted by Crippen LogP contribution is -2.36. The molecule has 0 aliphatic carbocycles. The maximum atomic E-state index is 5.41. The molecule has 1 rings (SSSR count). The summed E-state index contributed by atoms with van der Waals surface area (Å²) in [6.07, 6.45) is 1.16. The van der Waals surface area contributed by atoms with Crippen LogP contribution in [0.2, 0.25) is 0 Å². The van der Waals surface area contributed by atoms with E-state index in [0.29, 0.717) is 12.0 Å². The standard InChI is InChI=1S/C8H17NO/c1-7(2)8-6-10-5-3-4-9-8/h7-9H,3-6H2,1-2H3. The van der Waals surface area contributed by atoms with Crippen LogP contribution in [0.1, 0.15) is 20.3 Å². The van der Waals surface area contributed by atoms with Crippen LogP contribution < -0.4 is 5.32 Å². The zero-order valence-corrected chi connectivity index (χ0v) is 6.89. The first-order chi connectivity index (χ1) is 4.80. The summed E-state index contributed by atoms with van der Waals surface area (Å²) in [5.41, 5.74) is 0. The molecule has 0 aromatic carbocycles. The summed E-state index contributed by atoms with van der Waals surface area (Å²) < 4.78 is 5.41. The van der Waals surface area contributed by atoms with E-state index in [9.17, 15) is 0 Å². The van der Waals surface area contributed by atoms with Gasteiger partial charge in [0.05, 0.1) is 6.61 Å². The zero-order chi connectivity index (χ0) is 7.40. The van der Waals surface area contributed by atoms with Gasteiger partial charge in [0.25, 0.3) is 0 Å². The molecule has 1 aliphatic heterocycles. The minimum absolute atomic E-state index is 0.572. The third-order valence-electron chi connectivity index (χ3n) is 1.97. The second-order valence-electron chi connectivity index (χ2n) is 3.23. The topological polar surface area (TPSA) is 21.3 Å². The van der Waals surface area contributed by atoms with Crippen molar-refractivity contribution < 1.29 is 4.74 Å². The molecule has 1 N–H and O–H groups in total. The SMILES string of the molecule is CC(C)C1COCCCN1. The van der Waals surface area contributed by atoms with Crippen molar-refractivity contribution in [2.75, 3.05) is 19.8 Å². The molecule has 0 saturated carbocycles. The van der Waals surface area contributed by atoms with Crippen molar-refractivity contribution in [2.24, 2.45) is 5.92 Å². The third kappa shape index (κ3) is 2.27. The van der Waals surface area contributed by atoms with Gasteiger partial charge >= 0.3 is 0 Å². The molecule has 0 bridgehead atoms. The number of rotatable bonds is 1. The average Bonchev–Trinajstić information content (AvgIpc) is 2.12. The molecule has 0 amide bonds. The Hall–Kier alpha value is -0.0800. The van der Waals surface area contributed by atoms with Crippen molar-refractivity contribution >= 4 is 0 Å². The lowest BCUT2D eigenvalue weighted by molar-refractivity contribution is 0.119. The monoisotopic (exact) mass is 143 g/mol. The highest BCUT2D eigenvalue weighted by atomic mass is 16.5. The Balaban J connectivity index is 2.28. The fourth-order valence-electron chi connectivity index (χ4n) is 1.16. The minimum atomic E-state index is 0.572. The van der Waals surface area contributed by atoms with Crippen LogP contribution in [0, 0.1) is 5.92 Å². The molecule has 2 nitrogen and oxygen atoms in total. The summed E-state index contributed by atoms with van der Waals surface area (Å²) in [5, 5.41) is 3.46. The van der Waals surface area contributed by atoms with E-state index in [2.05, 4.69) is 19.2 Å². The van der Waals surface area contributed by atoms with Crippen molar-refractivity contribution in [3.8, 4) is 0 Å². The van der Waals surface area contributed by atoms with E-state index in [4.69, 9.17) is 4.74 Å². The van der Waals surface area contributed by atoms with Gasteiger partial charge in [0, 0.05) is 12.6 Å². The largest absolute Gasteiger partial charge is 0.380 e. The van der Waals surface area contributed by atoms with Gasteiger partial charge in [-0.25, -0.2) is 0 Å². The van der Waals surface area contributed by atoms with Crippen LogP contribution in [0.4, 0.5) is 0 Å². The van der Waals surface area contributed by atoms with Gasteiger partial charge in [-0.1, -0.05) is 13.8 Å². The van der Waals surface area contributed by atoms with Crippen LogP contribution >= 0.6 is 0 Å². The highest BCUT2D eigenvalue weighted by Gasteiger charge is 2.14. The predicted molar refractivity (Wildman–Crippen MR) is 42.1 cm³/mol. The lowest BCUT2D eigenvalue weighted by atomic mass is 10.1. The quantitative estimate of drug-likeness (QED) is 0.591. The van der Waals surface area contributed by atoms with Crippen LogP contribution in [0.25, 0.3) is 0 Å². The van der Waals surface area contributed by atoms with Crippen molar-refractivity contribution in [3.05, 3.63) is 0 Å². The predicted octanol–water partition coefficient (Wildman–Crippen LogP) is 1.02. The van der Waals surface area contributed by atoms with Gasteiger partial charge in [-0.2, -0.15) is 0 Å². The molecular formula is C8H17NO. The van der Waals surface area contributed by atoms with Crippen molar-refractivity contribution in [1.82, 2.24) is 5.32 Å². The van der Waals surface area contributed by atoms with E-state index >= 15 is 0 Å². The summed E-state index contributed by atoms with van der Waals surface area (Å²) in [6.45, 7) is 7.38. The van der Waals surface area contributed by atoms with E-state index in [1.807, 2.05) is 0 Å². The van der Waals surface area contributed by atoms with Crippen molar-refractivity contribution in [2.45, 2.75) is 26.3 Å². The van der Waals surface area contributed by atoms with Gasteiger partial charge in [-0.3, -0.25) is 0 Å². The Morgan fingerprint density at radius 3 is 3.00 bits per heavy atom. The Morgan fingerprint density at radius 2 is 2.30 bits per heavy atom. The van der Waals surface area contributed by atoms with E-state index in [1.54, 1.807) is 0 Å². The molecular weight excluding hydrogens is 126 g/mol. The van der Waals surface area contributed by atoms with Crippen LogP contribution in [-0.2, 0) is 4.74 Å². The Labute approximate surface area is 63.0 Å². The number of hydrogen-bond acceptors (Lipinski definition) is 2. The second-order valence-corrected chi connectivity index (χ2v) is 3.23. The van der Waals surface area contributed by atoms with E-state index in [0.717, 1.165) is 26.2 Å². The van der Waals surface area contributed by atoms with Gasteiger partial charge in [0.15, 0.2) is 0 Å². The minimum Gasteiger partial charge on any atom is -0.380 e.